The van der Waals surface area contributed by atoms with Gasteiger partial charge in [-0.1, -0.05) is 27.2 Å². The van der Waals surface area contributed by atoms with Crippen molar-refractivity contribution in [3.63, 3.8) is 0 Å². The van der Waals surface area contributed by atoms with Gasteiger partial charge >= 0.3 is 11.7 Å². The first-order valence-electron chi connectivity index (χ1n) is 11.7. The first kappa shape index (κ1) is 24.2. The molecule has 1 aromatic heterocycles. The summed E-state index contributed by atoms with van der Waals surface area (Å²) in [7, 11) is 0. The third kappa shape index (κ3) is 6.09. The van der Waals surface area contributed by atoms with Crippen molar-refractivity contribution in [2.75, 3.05) is 36.5 Å². The highest BCUT2D eigenvalue weighted by molar-refractivity contribution is 5.70. The van der Waals surface area contributed by atoms with Crippen molar-refractivity contribution < 1.29 is 19.6 Å². The first-order valence-corrected chi connectivity index (χ1v) is 11.7. The molecule has 2 aliphatic rings. The summed E-state index contributed by atoms with van der Waals surface area (Å²) in [5.41, 5.74) is -0.0690. The number of aromatic nitrogens is 1. The first-order chi connectivity index (χ1) is 15.3. The van der Waals surface area contributed by atoms with Gasteiger partial charge in [0.1, 0.15) is 5.82 Å². The molecule has 178 valence electrons. The van der Waals surface area contributed by atoms with Gasteiger partial charge in [0, 0.05) is 25.7 Å². The fourth-order valence-corrected chi connectivity index (χ4v) is 4.94. The van der Waals surface area contributed by atoms with Gasteiger partial charge in [0.05, 0.1) is 23.6 Å². The Bertz CT molecular complexity index is 795. The number of nitro groups is 1. The second-order valence-electron chi connectivity index (χ2n) is 9.56. The van der Waals surface area contributed by atoms with Crippen LogP contribution in [0.2, 0.25) is 0 Å². The molecule has 0 spiro atoms. The van der Waals surface area contributed by atoms with Crippen molar-refractivity contribution in [3.05, 3.63) is 22.2 Å². The van der Waals surface area contributed by atoms with Crippen LogP contribution in [0, 0.1) is 33.8 Å². The summed E-state index contributed by atoms with van der Waals surface area (Å²) >= 11 is 0. The van der Waals surface area contributed by atoms with Gasteiger partial charge in [0.25, 0.3) is 0 Å². The minimum Gasteiger partial charge on any atom is -0.481 e. The van der Waals surface area contributed by atoms with E-state index in [4.69, 9.17) is 4.74 Å². The van der Waals surface area contributed by atoms with E-state index in [0.29, 0.717) is 62.7 Å². The Morgan fingerprint density at radius 2 is 2.03 bits per heavy atom. The lowest BCUT2D eigenvalue weighted by atomic mass is 9.75. The number of carbonyl (C=O) groups is 1. The standard InChI is InChI=1S/C23H36N4O5/c1-15(2)18-5-4-16(3)14-20(18)32-13-10-24-22-19(27(30)31)6-7-21(25-22)26-11-8-17(9-12-26)23(28)29/h6-7,15-18,20H,4-5,8-14H2,1-3H3,(H,24,25)(H,28,29). The van der Waals surface area contributed by atoms with E-state index in [1.165, 1.54) is 18.9 Å². The summed E-state index contributed by atoms with van der Waals surface area (Å²) in [5.74, 6) is 1.54. The van der Waals surface area contributed by atoms with Crippen LogP contribution in [0.4, 0.5) is 17.3 Å². The zero-order chi connectivity index (χ0) is 23.3. The number of anilines is 2. The number of carboxylic acids is 1. The normalized spacial score (nSPS) is 24.5. The van der Waals surface area contributed by atoms with Crippen LogP contribution < -0.4 is 10.2 Å². The average Bonchev–Trinajstić information content (AvgIpc) is 2.76. The maximum absolute atomic E-state index is 11.5. The molecule has 32 heavy (non-hydrogen) atoms. The SMILES string of the molecule is CC1CCC(C(C)C)C(OCCNc2nc(N3CCC(C(=O)O)CC3)ccc2[N+](=O)[O-])C1. The van der Waals surface area contributed by atoms with Crippen LogP contribution in [-0.4, -0.2) is 53.3 Å². The van der Waals surface area contributed by atoms with Crippen LogP contribution in [0.5, 0.6) is 0 Å². The monoisotopic (exact) mass is 448 g/mol. The van der Waals surface area contributed by atoms with Crippen LogP contribution in [0.1, 0.15) is 52.9 Å². The molecule has 0 aromatic carbocycles. The number of rotatable bonds is 9. The molecular formula is C23H36N4O5. The molecule has 1 aliphatic carbocycles. The van der Waals surface area contributed by atoms with E-state index in [9.17, 15) is 20.0 Å². The van der Waals surface area contributed by atoms with E-state index in [1.54, 1.807) is 6.07 Å². The molecule has 2 N–H and O–H groups in total. The molecule has 0 radical (unpaired) electrons. The summed E-state index contributed by atoms with van der Waals surface area (Å²) < 4.78 is 6.20. The smallest absolute Gasteiger partial charge is 0.311 e. The Morgan fingerprint density at radius 1 is 1.31 bits per heavy atom. The Balaban J connectivity index is 1.59. The minimum absolute atomic E-state index is 0.0690. The fraction of sp³-hybridized carbons (Fsp3) is 0.739. The predicted molar refractivity (Wildman–Crippen MR) is 123 cm³/mol. The molecule has 0 amide bonds. The zero-order valence-corrected chi connectivity index (χ0v) is 19.3. The van der Waals surface area contributed by atoms with E-state index in [1.807, 2.05) is 4.90 Å². The summed E-state index contributed by atoms with van der Waals surface area (Å²) in [6, 6.07) is 3.10. The Hall–Kier alpha value is -2.42. The van der Waals surface area contributed by atoms with Crippen LogP contribution >= 0.6 is 0 Å². The van der Waals surface area contributed by atoms with Crippen molar-refractivity contribution in [1.82, 2.24) is 4.98 Å². The summed E-state index contributed by atoms with van der Waals surface area (Å²) in [6.45, 7) is 8.80. The van der Waals surface area contributed by atoms with Gasteiger partial charge in [-0.2, -0.15) is 0 Å². The van der Waals surface area contributed by atoms with E-state index < -0.39 is 10.9 Å². The molecule has 2 fully saturated rings. The topological polar surface area (TPSA) is 118 Å². The number of piperidine rings is 1. The fourth-order valence-electron chi connectivity index (χ4n) is 4.94. The summed E-state index contributed by atoms with van der Waals surface area (Å²) in [4.78, 5) is 28.7. The van der Waals surface area contributed by atoms with Crippen LogP contribution in [-0.2, 0) is 9.53 Å². The van der Waals surface area contributed by atoms with E-state index >= 15 is 0 Å². The second kappa shape index (κ2) is 10.9. The van der Waals surface area contributed by atoms with Gasteiger partial charge in [-0.05, 0) is 49.5 Å². The van der Waals surface area contributed by atoms with Crippen molar-refractivity contribution in [1.29, 1.82) is 0 Å². The number of nitrogens with one attached hydrogen (secondary N) is 1. The Kier molecular flexibility index (Phi) is 8.28. The van der Waals surface area contributed by atoms with Crippen LogP contribution in [0.25, 0.3) is 0 Å². The van der Waals surface area contributed by atoms with Crippen LogP contribution in [0.15, 0.2) is 12.1 Å². The Labute approximate surface area is 189 Å². The van der Waals surface area contributed by atoms with Crippen molar-refractivity contribution in [3.8, 4) is 0 Å². The Morgan fingerprint density at radius 3 is 2.66 bits per heavy atom. The molecule has 3 unspecified atom stereocenters. The number of aliphatic carboxylic acids is 1. The average molecular weight is 449 g/mol. The number of ether oxygens (including phenoxy) is 1. The lowest BCUT2D eigenvalue weighted by Crippen LogP contribution is -2.37. The van der Waals surface area contributed by atoms with Gasteiger partial charge in [0.15, 0.2) is 0 Å². The lowest BCUT2D eigenvalue weighted by molar-refractivity contribution is -0.384. The molecule has 9 heteroatoms. The van der Waals surface area contributed by atoms with E-state index in [0.717, 1.165) is 6.42 Å². The van der Waals surface area contributed by atoms with E-state index in [-0.39, 0.29) is 23.5 Å². The van der Waals surface area contributed by atoms with Crippen molar-refractivity contribution in [2.24, 2.45) is 23.7 Å². The van der Waals surface area contributed by atoms with Gasteiger partial charge in [-0.15, -0.1) is 0 Å². The highest BCUT2D eigenvalue weighted by atomic mass is 16.6. The highest BCUT2D eigenvalue weighted by Crippen LogP contribution is 2.35. The summed E-state index contributed by atoms with van der Waals surface area (Å²) in [5, 5.41) is 23.8. The van der Waals surface area contributed by atoms with Gasteiger partial charge in [0.2, 0.25) is 5.82 Å². The molecule has 2 heterocycles. The molecular weight excluding hydrogens is 412 g/mol. The van der Waals surface area contributed by atoms with Crippen molar-refractivity contribution in [2.45, 2.75) is 59.0 Å². The number of pyridine rings is 1. The third-order valence-electron chi connectivity index (χ3n) is 6.91. The molecule has 3 atom stereocenters. The molecule has 1 aliphatic heterocycles. The number of nitrogens with zero attached hydrogens (tertiary/aromatic N) is 3. The molecule has 3 rings (SSSR count). The minimum atomic E-state index is -0.768. The van der Waals surface area contributed by atoms with Gasteiger partial charge in [-0.3, -0.25) is 14.9 Å². The number of hydrogen-bond acceptors (Lipinski definition) is 7. The third-order valence-corrected chi connectivity index (χ3v) is 6.91. The zero-order valence-electron chi connectivity index (χ0n) is 19.3. The number of carboxylic acid groups (broad SMARTS) is 1. The quantitative estimate of drug-likeness (QED) is 0.328. The second-order valence-corrected chi connectivity index (χ2v) is 9.56. The van der Waals surface area contributed by atoms with Crippen molar-refractivity contribution >= 4 is 23.3 Å². The van der Waals surface area contributed by atoms with E-state index in [2.05, 4.69) is 31.1 Å². The molecule has 9 nitrogen and oxygen atoms in total. The molecule has 1 saturated carbocycles. The maximum atomic E-state index is 11.5. The molecule has 0 bridgehead atoms. The maximum Gasteiger partial charge on any atom is 0.311 e. The highest BCUT2D eigenvalue weighted by Gasteiger charge is 2.31. The molecule has 1 aromatic rings. The molecule has 1 saturated heterocycles. The van der Waals surface area contributed by atoms with Crippen LogP contribution in [0.3, 0.4) is 0 Å². The lowest BCUT2D eigenvalue weighted by Gasteiger charge is -2.37. The van der Waals surface area contributed by atoms with Gasteiger partial charge in [-0.25, -0.2) is 4.98 Å². The largest absolute Gasteiger partial charge is 0.481 e. The van der Waals surface area contributed by atoms with Gasteiger partial charge < -0.3 is 20.1 Å². The number of hydrogen-bond donors (Lipinski definition) is 2. The summed E-state index contributed by atoms with van der Waals surface area (Å²) in [6.07, 6.45) is 4.80. The predicted octanol–water partition coefficient (Wildman–Crippen LogP) is 4.18.